The van der Waals surface area contributed by atoms with Gasteiger partial charge in [0.15, 0.2) is 0 Å². The van der Waals surface area contributed by atoms with Gasteiger partial charge in [0.25, 0.3) is 5.91 Å². The summed E-state index contributed by atoms with van der Waals surface area (Å²) in [6.45, 7) is 0.437. The molecule has 0 atom stereocenters. The number of nitrogens with one attached hydrogen (secondary N) is 2. The number of benzene rings is 2. The molecule has 1 aliphatic heterocycles. The number of rotatable bonds is 3. The van der Waals surface area contributed by atoms with E-state index in [9.17, 15) is 9.59 Å². The van der Waals surface area contributed by atoms with Crippen molar-refractivity contribution in [2.45, 2.75) is 13.0 Å². The summed E-state index contributed by atoms with van der Waals surface area (Å²) in [5.41, 5.74) is 3.44. The number of fused-ring (bicyclic) bond motifs is 1. The maximum absolute atomic E-state index is 12.1. The molecule has 2 aromatic carbocycles. The van der Waals surface area contributed by atoms with Gasteiger partial charge >= 0.3 is 0 Å². The van der Waals surface area contributed by atoms with Crippen LogP contribution in [0.3, 0.4) is 0 Å². The molecule has 106 valence electrons. The molecule has 21 heavy (non-hydrogen) atoms. The highest BCUT2D eigenvalue weighted by molar-refractivity contribution is 9.10. The Balaban J connectivity index is 1.67. The highest BCUT2D eigenvalue weighted by Gasteiger charge is 2.17. The summed E-state index contributed by atoms with van der Waals surface area (Å²) in [6.07, 6.45) is 0.406. The van der Waals surface area contributed by atoms with E-state index >= 15 is 0 Å². The zero-order chi connectivity index (χ0) is 14.8. The average molecular weight is 345 g/mol. The molecule has 0 unspecified atom stereocenters. The first kappa shape index (κ1) is 13.8. The van der Waals surface area contributed by atoms with E-state index in [1.165, 1.54) is 0 Å². The maximum atomic E-state index is 12.1. The number of carbonyl (C=O) groups excluding carboxylic acids is 2. The van der Waals surface area contributed by atoms with Crippen LogP contribution < -0.4 is 10.6 Å². The van der Waals surface area contributed by atoms with E-state index < -0.39 is 0 Å². The summed E-state index contributed by atoms with van der Waals surface area (Å²) in [4.78, 5) is 23.4. The van der Waals surface area contributed by atoms with Crippen molar-refractivity contribution >= 4 is 33.4 Å². The van der Waals surface area contributed by atoms with Crippen molar-refractivity contribution in [2.75, 3.05) is 5.32 Å². The molecular formula is C16H13BrN2O2. The quantitative estimate of drug-likeness (QED) is 0.899. The molecule has 2 aromatic rings. The maximum Gasteiger partial charge on any atom is 0.251 e. The van der Waals surface area contributed by atoms with Crippen LogP contribution in [0.5, 0.6) is 0 Å². The molecule has 2 amide bonds. The van der Waals surface area contributed by atoms with Gasteiger partial charge < -0.3 is 10.6 Å². The molecule has 0 radical (unpaired) electrons. The lowest BCUT2D eigenvalue weighted by molar-refractivity contribution is -0.115. The first-order valence-electron chi connectivity index (χ1n) is 6.57. The molecule has 0 saturated heterocycles. The van der Waals surface area contributed by atoms with E-state index in [4.69, 9.17) is 0 Å². The van der Waals surface area contributed by atoms with Gasteiger partial charge in [-0.25, -0.2) is 0 Å². The van der Waals surface area contributed by atoms with Gasteiger partial charge in [-0.1, -0.05) is 34.1 Å². The van der Waals surface area contributed by atoms with Gasteiger partial charge in [-0.2, -0.15) is 0 Å². The number of amides is 2. The first-order chi connectivity index (χ1) is 10.1. The largest absolute Gasteiger partial charge is 0.348 e. The van der Waals surface area contributed by atoms with Crippen molar-refractivity contribution in [1.29, 1.82) is 0 Å². The van der Waals surface area contributed by atoms with Crippen LogP contribution in [0.4, 0.5) is 5.69 Å². The minimum absolute atomic E-state index is 0.0142. The lowest BCUT2D eigenvalue weighted by Gasteiger charge is -2.07. The molecule has 0 spiro atoms. The van der Waals surface area contributed by atoms with Crippen molar-refractivity contribution in [1.82, 2.24) is 5.32 Å². The molecule has 0 fully saturated rings. The number of anilines is 1. The Labute approximate surface area is 130 Å². The second-order valence-corrected chi connectivity index (χ2v) is 5.83. The van der Waals surface area contributed by atoms with Crippen LogP contribution in [-0.4, -0.2) is 11.8 Å². The van der Waals surface area contributed by atoms with Crippen LogP contribution in [0.25, 0.3) is 0 Å². The lowest BCUT2D eigenvalue weighted by Crippen LogP contribution is -2.22. The molecule has 0 aliphatic carbocycles. The Kier molecular flexibility index (Phi) is 3.75. The van der Waals surface area contributed by atoms with Crippen molar-refractivity contribution in [3.05, 3.63) is 63.6 Å². The smallest absolute Gasteiger partial charge is 0.251 e. The van der Waals surface area contributed by atoms with Gasteiger partial charge in [0.05, 0.1) is 6.42 Å². The van der Waals surface area contributed by atoms with Gasteiger partial charge in [-0.3, -0.25) is 9.59 Å². The number of hydrogen-bond donors (Lipinski definition) is 2. The minimum atomic E-state index is -0.119. The summed E-state index contributed by atoms with van der Waals surface area (Å²) in [6, 6.07) is 13.0. The van der Waals surface area contributed by atoms with E-state index in [1.807, 2.05) is 30.3 Å². The Hall–Kier alpha value is -2.14. The SMILES string of the molecule is O=C1Cc2cc(CNC(=O)c3cccc(Br)c3)ccc2N1. The third kappa shape index (κ3) is 3.13. The number of halogens is 1. The van der Waals surface area contributed by atoms with Crippen molar-refractivity contribution in [2.24, 2.45) is 0 Å². The Morgan fingerprint density at radius 3 is 2.90 bits per heavy atom. The summed E-state index contributed by atoms with van der Waals surface area (Å²) in [7, 11) is 0. The predicted octanol–water partition coefficient (Wildman–Crippen LogP) is 2.87. The van der Waals surface area contributed by atoms with E-state index in [-0.39, 0.29) is 11.8 Å². The van der Waals surface area contributed by atoms with Gasteiger partial charge in [0.2, 0.25) is 5.91 Å². The molecule has 0 bridgehead atoms. The zero-order valence-corrected chi connectivity index (χ0v) is 12.7. The summed E-state index contributed by atoms with van der Waals surface area (Å²) in [5.74, 6) is -0.105. The van der Waals surface area contributed by atoms with Gasteiger partial charge in [0.1, 0.15) is 0 Å². The molecule has 0 saturated carbocycles. The van der Waals surface area contributed by atoms with Crippen molar-refractivity contribution in [3.8, 4) is 0 Å². The summed E-state index contributed by atoms with van der Waals surface area (Å²) < 4.78 is 0.872. The molecular weight excluding hydrogens is 332 g/mol. The minimum Gasteiger partial charge on any atom is -0.348 e. The Morgan fingerprint density at radius 2 is 2.10 bits per heavy atom. The van der Waals surface area contributed by atoms with Crippen molar-refractivity contribution in [3.63, 3.8) is 0 Å². The first-order valence-corrected chi connectivity index (χ1v) is 7.36. The fourth-order valence-electron chi connectivity index (χ4n) is 2.31. The summed E-state index contributed by atoms with van der Waals surface area (Å²) >= 11 is 3.35. The number of hydrogen-bond acceptors (Lipinski definition) is 2. The normalized spacial score (nSPS) is 12.7. The molecule has 4 nitrogen and oxygen atoms in total. The fraction of sp³-hybridized carbons (Fsp3) is 0.125. The van der Waals surface area contributed by atoms with Gasteiger partial charge in [-0.05, 0) is 35.4 Å². The third-order valence-electron chi connectivity index (χ3n) is 3.33. The van der Waals surface area contributed by atoms with Gasteiger partial charge in [-0.15, -0.1) is 0 Å². The topological polar surface area (TPSA) is 58.2 Å². The Bertz CT molecular complexity index is 728. The summed E-state index contributed by atoms with van der Waals surface area (Å²) in [5, 5.41) is 5.67. The van der Waals surface area contributed by atoms with Gasteiger partial charge in [0, 0.05) is 22.3 Å². The van der Waals surface area contributed by atoms with Crippen LogP contribution in [0.1, 0.15) is 21.5 Å². The zero-order valence-electron chi connectivity index (χ0n) is 11.2. The van der Waals surface area contributed by atoms with Crippen LogP contribution >= 0.6 is 15.9 Å². The molecule has 3 rings (SSSR count). The Morgan fingerprint density at radius 1 is 1.24 bits per heavy atom. The van der Waals surface area contributed by atoms with E-state index in [1.54, 1.807) is 12.1 Å². The predicted molar refractivity (Wildman–Crippen MR) is 84.1 cm³/mol. The highest BCUT2D eigenvalue weighted by Crippen LogP contribution is 2.23. The molecule has 1 heterocycles. The fourth-order valence-corrected chi connectivity index (χ4v) is 2.71. The molecule has 0 aromatic heterocycles. The third-order valence-corrected chi connectivity index (χ3v) is 3.83. The highest BCUT2D eigenvalue weighted by atomic mass is 79.9. The standard InChI is InChI=1S/C16H13BrN2O2/c17-13-3-1-2-11(7-13)16(21)18-9-10-4-5-14-12(6-10)8-15(20)19-14/h1-7H,8-9H2,(H,18,21)(H,19,20). The number of carbonyl (C=O) groups is 2. The van der Waals surface area contributed by atoms with E-state index in [0.29, 0.717) is 18.5 Å². The van der Waals surface area contributed by atoms with Crippen LogP contribution in [0.2, 0.25) is 0 Å². The lowest BCUT2D eigenvalue weighted by atomic mass is 10.1. The molecule has 1 aliphatic rings. The van der Waals surface area contributed by atoms with Crippen molar-refractivity contribution < 1.29 is 9.59 Å². The van der Waals surface area contributed by atoms with E-state index in [2.05, 4.69) is 26.6 Å². The van der Waals surface area contributed by atoms with Crippen LogP contribution in [0, 0.1) is 0 Å². The van der Waals surface area contributed by atoms with Crippen LogP contribution in [0.15, 0.2) is 46.9 Å². The average Bonchev–Trinajstić information content (AvgIpc) is 2.84. The molecule has 2 N–H and O–H groups in total. The van der Waals surface area contributed by atoms with Crippen LogP contribution in [-0.2, 0) is 17.8 Å². The second kappa shape index (κ2) is 5.69. The van der Waals surface area contributed by atoms with E-state index in [0.717, 1.165) is 21.3 Å². The monoisotopic (exact) mass is 344 g/mol. The second-order valence-electron chi connectivity index (χ2n) is 4.91. The molecule has 5 heteroatoms.